The normalized spacial score (nSPS) is 47.0. The second-order valence-corrected chi connectivity index (χ2v) is 4.35. The van der Waals surface area contributed by atoms with Gasteiger partial charge in [0.1, 0.15) is 6.10 Å². The number of rotatable bonds is 0. The Balaban J connectivity index is 2.09. The summed E-state index contributed by atoms with van der Waals surface area (Å²) < 4.78 is 5.31. The number of hydrogen-bond donors (Lipinski definition) is 0. The second-order valence-electron chi connectivity index (χ2n) is 4.35. The lowest BCUT2D eigenvalue weighted by molar-refractivity contribution is -0.144. The smallest absolute Gasteiger partial charge is 0.309 e. The zero-order chi connectivity index (χ0) is 8.72. The van der Waals surface area contributed by atoms with Crippen LogP contribution in [-0.2, 0) is 9.53 Å². The van der Waals surface area contributed by atoms with Gasteiger partial charge in [-0.1, -0.05) is 20.3 Å². The van der Waals surface area contributed by atoms with E-state index in [-0.39, 0.29) is 18.0 Å². The zero-order valence-electron chi connectivity index (χ0n) is 7.75. The van der Waals surface area contributed by atoms with E-state index in [1.165, 1.54) is 12.8 Å². The summed E-state index contributed by atoms with van der Waals surface area (Å²) in [5, 5.41) is 0. The lowest BCUT2D eigenvalue weighted by atomic mass is 9.77. The van der Waals surface area contributed by atoms with Gasteiger partial charge in [0.15, 0.2) is 0 Å². The van der Waals surface area contributed by atoms with Crippen molar-refractivity contribution in [2.24, 2.45) is 17.8 Å². The van der Waals surface area contributed by atoms with E-state index in [2.05, 4.69) is 6.92 Å². The zero-order valence-corrected chi connectivity index (χ0v) is 7.75. The van der Waals surface area contributed by atoms with Crippen molar-refractivity contribution in [3.05, 3.63) is 0 Å². The monoisotopic (exact) mass is 168 g/mol. The highest BCUT2D eigenvalue weighted by atomic mass is 16.6. The summed E-state index contributed by atoms with van der Waals surface area (Å²) in [6.07, 6.45) is 3.78. The molecule has 1 saturated carbocycles. The van der Waals surface area contributed by atoms with E-state index in [4.69, 9.17) is 4.74 Å². The standard InChI is InChI=1S/C10H16O2/c1-6-3-4-8-7(2)10(11)12-9(8)5-6/h6-9H,3-5H2,1-2H3/t6-,7-,8+,9+/m1/s1. The van der Waals surface area contributed by atoms with Crippen LogP contribution in [0.15, 0.2) is 0 Å². The molecule has 0 N–H and O–H groups in total. The van der Waals surface area contributed by atoms with E-state index in [0.717, 1.165) is 12.3 Å². The number of ether oxygens (including phenoxy) is 1. The number of carbonyl (C=O) groups excluding carboxylic acids is 1. The quantitative estimate of drug-likeness (QED) is 0.517. The third-order valence-corrected chi connectivity index (χ3v) is 3.39. The lowest BCUT2D eigenvalue weighted by Crippen LogP contribution is -2.27. The van der Waals surface area contributed by atoms with Crippen LogP contribution in [0.4, 0.5) is 0 Å². The Morgan fingerprint density at radius 1 is 1.33 bits per heavy atom. The van der Waals surface area contributed by atoms with E-state index in [9.17, 15) is 4.79 Å². The topological polar surface area (TPSA) is 26.3 Å². The summed E-state index contributed by atoms with van der Waals surface area (Å²) in [6, 6.07) is 0. The summed E-state index contributed by atoms with van der Waals surface area (Å²) in [4.78, 5) is 11.2. The highest BCUT2D eigenvalue weighted by Crippen LogP contribution is 2.40. The number of esters is 1. The predicted octanol–water partition coefficient (Wildman–Crippen LogP) is 1.98. The molecule has 0 amide bonds. The molecular formula is C10H16O2. The minimum atomic E-state index is 0.0269. The first-order valence-electron chi connectivity index (χ1n) is 4.89. The number of fused-ring (bicyclic) bond motifs is 1. The minimum Gasteiger partial charge on any atom is -0.462 e. The van der Waals surface area contributed by atoms with Crippen LogP contribution in [0.3, 0.4) is 0 Å². The highest BCUT2D eigenvalue weighted by molar-refractivity contribution is 5.74. The number of hydrogen-bond acceptors (Lipinski definition) is 2. The maximum atomic E-state index is 11.2. The molecule has 2 aliphatic rings. The Morgan fingerprint density at radius 2 is 2.08 bits per heavy atom. The SMILES string of the molecule is C[C@@H]1CC[C@@H]2[C@H](C1)OC(=O)[C@@H]2C. The molecule has 1 heterocycles. The fourth-order valence-electron chi connectivity index (χ4n) is 2.49. The summed E-state index contributed by atoms with van der Waals surface area (Å²) in [6.45, 7) is 4.25. The molecule has 0 spiro atoms. The molecule has 2 heteroatoms. The third kappa shape index (κ3) is 1.13. The van der Waals surface area contributed by atoms with Crippen molar-refractivity contribution in [3.63, 3.8) is 0 Å². The van der Waals surface area contributed by atoms with Crippen molar-refractivity contribution in [1.82, 2.24) is 0 Å². The summed E-state index contributed by atoms with van der Waals surface area (Å²) in [5.74, 6) is 1.44. The van der Waals surface area contributed by atoms with E-state index < -0.39 is 0 Å². The van der Waals surface area contributed by atoms with Gasteiger partial charge < -0.3 is 4.74 Å². The Hall–Kier alpha value is -0.530. The molecule has 1 aliphatic heterocycles. The Bertz CT molecular complexity index is 200. The molecule has 12 heavy (non-hydrogen) atoms. The van der Waals surface area contributed by atoms with Gasteiger partial charge in [-0.3, -0.25) is 4.79 Å². The summed E-state index contributed by atoms with van der Waals surface area (Å²) >= 11 is 0. The fraction of sp³-hybridized carbons (Fsp3) is 0.900. The maximum Gasteiger partial charge on any atom is 0.309 e. The van der Waals surface area contributed by atoms with Crippen LogP contribution in [0.1, 0.15) is 33.1 Å². The average molecular weight is 168 g/mol. The van der Waals surface area contributed by atoms with E-state index >= 15 is 0 Å². The summed E-state index contributed by atoms with van der Waals surface area (Å²) in [7, 11) is 0. The van der Waals surface area contributed by atoms with Gasteiger partial charge in [-0.15, -0.1) is 0 Å². The fourth-order valence-corrected chi connectivity index (χ4v) is 2.49. The van der Waals surface area contributed by atoms with Crippen LogP contribution in [0, 0.1) is 17.8 Å². The molecule has 1 saturated heterocycles. The van der Waals surface area contributed by atoms with Crippen LogP contribution in [-0.4, -0.2) is 12.1 Å². The molecule has 1 aliphatic carbocycles. The van der Waals surface area contributed by atoms with Gasteiger partial charge >= 0.3 is 5.97 Å². The largest absolute Gasteiger partial charge is 0.462 e. The van der Waals surface area contributed by atoms with Crippen LogP contribution in [0.5, 0.6) is 0 Å². The lowest BCUT2D eigenvalue weighted by Gasteiger charge is -2.28. The van der Waals surface area contributed by atoms with Crippen molar-refractivity contribution in [2.75, 3.05) is 0 Å². The van der Waals surface area contributed by atoms with Crippen molar-refractivity contribution >= 4 is 5.97 Å². The van der Waals surface area contributed by atoms with Crippen LogP contribution in [0.2, 0.25) is 0 Å². The van der Waals surface area contributed by atoms with Crippen LogP contribution < -0.4 is 0 Å². The molecule has 68 valence electrons. The van der Waals surface area contributed by atoms with Gasteiger partial charge in [0.25, 0.3) is 0 Å². The van der Waals surface area contributed by atoms with Gasteiger partial charge in [0.2, 0.25) is 0 Å². The molecule has 0 aromatic rings. The average Bonchev–Trinajstić information content (AvgIpc) is 2.28. The molecule has 0 aromatic carbocycles. The first-order chi connectivity index (χ1) is 5.68. The van der Waals surface area contributed by atoms with Gasteiger partial charge in [-0.2, -0.15) is 0 Å². The molecule has 2 nitrogen and oxygen atoms in total. The summed E-state index contributed by atoms with van der Waals surface area (Å²) in [5.41, 5.74) is 0. The maximum absolute atomic E-state index is 11.2. The highest BCUT2D eigenvalue weighted by Gasteiger charge is 2.43. The second kappa shape index (κ2) is 2.75. The van der Waals surface area contributed by atoms with Crippen molar-refractivity contribution < 1.29 is 9.53 Å². The van der Waals surface area contributed by atoms with Crippen molar-refractivity contribution in [2.45, 2.75) is 39.2 Å². The Kier molecular flexibility index (Phi) is 1.85. The van der Waals surface area contributed by atoms with Gasteiger partial charge in [0.05, 0.1) is 5.92 Å². The minimum absolute atomic E-state index is 0.0269. The van der Waals surface area contributed by atoms with Crippen LogP contribution >= 0.6 is 0 Å². The third-order valence-electron chi connectivity index (χ3n) is 3.39. The van der Waals surface area contributed by atoms with Crippen LogP contribution in [0.25, 0.3) is 0 Å². The molecular weight excluding hydrogens is 152 g/mol. The van der Waals surface area contributed by atoms with E-state index in [0.29, 0.717) is 5.92 Å². The molecule has 0 radical (unpaired) electrons. The molecule has 0 bridgehead atoms. The van der Waals surface area contributed by atoms with Crippen molar-refractivity contribution in [3.8, 4) is 0 Å². The predicted molar refractivity (Wildman–Crippen MR) is 45.5 cm³/mol. The van der Waals surface area contributed by atoms with Gasteiger partial charge in [0, 0.05) is 5.92 Å². The Morgan fingerprint density at radius 3 is 2.83 bits per heavy atom. The Labute approximate surface area is 73.3 Å². The molecule has 2 rings (SSSR count). The van der Waals surface area contributed by atoms with Gasteiger partial charge in [-0.05, 0) is 18.8 Å². The molecule has 0 aromatic heterocycles. The van der Waals surface area contributed by atoms with E-state index in [1.54, 1.807) is 0 Å². The van der Waals surface area contributed by atoms with Gasteiger partial charge in [-0.25, -0.2) is 0 Å². The first kappa shape index (κ1) is 8.09. The van der Waals surface area contributed by atoms with Crippen molar-refractivity contribution in [1.29, 1.82) is 0 Å². The molecule has 0 unspecified atom stereocenters. The molecule has 2 fully saturated rings. The molecule has 4 atom stereocenters. The van der Waals surface area contributed by atoms with E-state index in [1.807, 2.05) is 6.92 Å². The first-order valence-corrected chi connectivity index (χ1v) is 4.89. The number of carbonyl (C=O) groups is 1.